The van der Waals surface area contributed by atoms with Crippen LogP contribution in [-0.2, 0) is 4.79 Å². The first-order valence-corrected chi connectivity index (χ1v) is 9.75. The highest BCUT2D eigenvalue weighted by molar-refractivity contribution is 5.83. The number of nitrogens with zero attached hydrogens (tertiary/aromatic N) is 2. The van der Waals surface area contributed by atoms with Gasteiger partial charge in [0.1, 0.15) is 11.8 Å². The van der Waals surface area contributed by atoms with Gasteiger partial charge in [0.2, 0.25) is 5.91 Å². The number of ether oxygens (including phenoxy) is 1. The standard InChI is InChI=1S/C24H22N2O3/c1-29-22-5-3-2-4-17(22)9-6-16-7-10-18(11-8-16)23-20(14-25)26(21(23)15-27)24(28)19-12-13-19/h2-5,7-8,10-11,19-21,23,27H,12-13,15H2,1H3/t20-,21+,23+/m0/s1. The van der Waals surface area contributed by atoms with Crippen molar-refractivity contribution in [1.82, 2.24) is 4.90 Å². The molecule has 1 heterocycles. The molecule has 146 valence electrons. The average molecular weight is 386 g/mol. The van der Waals surface area contributed by atoms with Crippen LogP contribution in [0.4, 0.5) is 0 Å². The van der Waals surface area contributed by atoms with Gasteiger partial charge in [0.15, 0.2) is 0 Å². The molecule has 2 aromatic carbocycles. The summed E-state index contributed by atoms with van der Waals surface area (Å²) in [4.78, 5) is 14.0. The topological polar surface area (TPSA) is 73.6 Å². The van der Waals surface area contributed by atoms with Crippen LogP contribution in [0.15, 0.2) is 48.5 Å². The largest absolute Gasteiger partial charge is 0.495 e. The molecule has 2 aliphatic rings. The van der Waals surface area contributed by atoms with Gasteiger partial charge in [-0.2, -0.15) is 5.26 Å². The summed E-state index contributed by atoms with van der Waals surface area (Å²) in [5.41, 5.74) is 2.61. The summed E-state index contributed by atoms with van der Waals surface area (Å²) in [6, 6.07) is 16.7. The Morgan fingerprint density at radius 1 is 1.17 bits per heavy atom. The van der Waals surface area contributed by atoms with E-state index in [0.29, 0.717) is 0 Å². The van der Waals surface area contributed by atoms with Gasteiger partial charge in [-0.05, 0) is 42.7 Å². The molecule has 1 N–H and O–H groups in total. The third kappa shape index (κ3) is 3.58. The molecule has 1 aliphatic carbocycles. The van der Waals surface area contributed by atoms with Crippen molar-refractivity contribution in [3.8, 4) is 23.7 Å². The molecule has 29 heavy (non-hydrogen) atoms. The minimum absolute atomic E-state index is 0.00569. The highest BCUT2D eigenvalue weighted by atomic mass is 16.5. The van der Waals surface area contributed by atoms with Gasteiger partial charge in [0.25, 0.3) is 0 Å². The predicted octanol–water partition coefficient (Wildman–Crippen LogP) is 2.68. The SMILES string of the molecule is COc1ccccc1C#Cc1ccc([C@H]2[C@@H](CO)N(C(=O)C3CC3)[C@H]2C#N)cc1. The van der Waals surface area contributed by atoms with E-state index in [1.807, 2.05) is 48.5 Å². The van der Waals surface area contributed by atoms with Crippen LogP contribution in [0.1, 0.15) is 35.4 Å². The zero-order valence-electron chi connectivity index (χ0n) is 16.2. The normalized spacial score (nSPS) is 22.7. The van der Waals surface area contributed by atoms with E-state index in [9.17, 15) is 15.2 Å². The summed E-state index contributed by atoms with van der Waals surface area (Å²) in [5, 5.41) is 19.4. The summed E-state index contributed by atoms with van der Waals surface area (Å²) < 4.78 is 5.32. The molecule has 0 radical (unpaired) electrons. The monoisotopic (exact) mass is 386 g/mol. The van der Waals surface area contributed by atoms with Gasteiger partial charge in [-0.25, -0.2) is 0 Å². The van der Waals surface area contributed by atoms with E-state index in [4.69, 9.17) is 4.74 Å². The van der Waals surface area contributed by atoms with Crippen molar-refractivity contribution in [3.63, 3.8) is 0 Å². The van der Waals surface area contributed by atoms with Gasteiger partial charge in [-0.1, -0.05) is 36.1 Å². The van der Waals surface area contributed by atoms with Crippen molar-refractivity contribution < 1.29 is 14.6 Å². The molecule has 4 rings (SSSR count). The number of carbonyl (C=O) groups is 1. The molecule has 1 amide bonds. The van der Waals surface area contributed by atoms with Crippen molar-refractivity contribution in [2.75, 3.05) is 13.7 Å². The van der Waals surface area contributed by atoms with Crippen LogP contribution in [0.5, 0.6) is 5.75 Å². The first-order chi connectivity index (χ1) is 14.2. The molecule has 5 nitrogen and oxygen atoms in total. The highest BCUT2D eigenvalue weighted by Crippen LogP contribution is 2.44. The van der Waals surface area contributed by atoms with E-state index in [1.54, 1.807) is 12.0 Å². The maximum atomic E-state index is 12.5. The number of amides is 1. The van der Waals surface area contributed by atoms with E-state index < -0.39 is 6.04 Å². The maximum absolute atomic E-state index is 12.5. The Kier molecular flexibility index (Phi) is 5.25. The van der Waals surface area contributed by atoms with Crippen molar-refractivity contribution in [2.24, 2.45) is 5.92 Å². The van der Waals surface area contributed by atoms with E-state index in [-0.39, 0.29) is 30.4 Å². The Bertz CT molecular complexity index is 1010. The lowest BCUT2D eigenvalue weighted by Gasteiger charge is -2.51. The molecule has 0 spiro atoms. The quantitative estimate of drug-likeness (QED) is 0.820. The Labute approximate surface area is 170 Å². The number of rotatable bonds is 4. The van der Waals surface area contributed by atoms with Gasteiger partial charge in [-0.3, -0.25) is 4.79 Å². The summed E-state index contributed by atoms with van der Waals surface area (Å²) in [6.45, 7) is -0.142. The van der Waals surface area contributed by atoms with Gasteiger partial charge in [0.05, 0.1) is 31.4 Å². The molecular weight excluding hydrogens is 364 g/mol. The second-order valence-electron chi connectivity index (χ2n) is 7.44. The van der Waals surface area contributed by atoms with Crippen LogP contribution >= 0.6 is 0 Å². The fraction of sp³-hybridized carbons (Fsp3) is 0.333. The number of nitriles is 1. The number of methoxy groups -OCH3 is 1. The third-order valence-electron chi connectivity index (χ3n) is 5.66. The molecule has 0 unspecified atom stereocenters. The van der Waals surface area contributed by atoms with Crippen LogP contribution < -0.4 is 4.74 Å². The molecule has 2 fully saturated rings. The van der Waals surface area contributed by atoms with Gasteiger partial charge in [0, 0.05) is 17.4 Å². The van der Waals surface area contributed by atoms with E-state index >= 15 is 0 Å². The number of benzene rings is 2. The number of carbonyl (C=O) groups excluding carboxylic acids is 1. The van der Waals surface area contributed by atoms with Crippen molar-refractivity contribution in [2.45, 2.75) is 30.8 Å². The lowest BCUT2D eigenvalue weighted by atomic mass is 9.75. The lowest BCUT2D eigenvalue weighted by Crippen LogP contribution is -2.65. The second kappa shape index (κ2) is 7.99. The average Bonchev–Trinajstić information content (AvgIpc) is 3.58. The highest BCUT2D eigenvalue weighted by Gasteiger charge is 2.53. The Morgan fingerprint density at radius 2 is 1.90 bits per heavy atom. The number of aliphatic hydroxyl groups excluding tert-OH is 1. The number of para-hydroxylation sites is 1. The first kappa shape index (κ1) is 19.1. The Balaban J connectivity index is 1.53. The minimum atomic E-state index is -0.522. The smallest absolute Gasteiger partial charge is 0.227 e. The molecule has 1 saturated heterocycles. The molecule has 5 heteroatoms. The third-order valence-corrected chi connectivity index (χ3v) is 5.66. The summed E-state index contributed by atoms with van der Waals surface area (Å²) in [5.74, 6) is 6.84. The number of hydrogen-bond acceptors (Lipinski definition) is 4. The van der Waals surface area contributed by atoms with Crippen LogP contribution in [-0.4, -0.2) is 41.7 Å². The zero-order chi connectivity index (χ0) is 20.4. The lowest BCUT2D eigenvalue weighted by molar-refractivity contribution is -0.148. The minimum Gasteiger partial charge on any atom is -0.495 e. The van der Waals surface area contributed by atoms with Crippen LogP contribution in [0.25, 0.3) is 0 Å². The van der Waals surface area contributed by atoms with Crippen molar-refractivity contribution >= 4 is 5.91 Å². The summed E-state index contributed by atoms with van der Waals surface area (Å²) in [6.07, 6.45) is 1.77. The Hall–Kier alpha value is -3.28. The molecule has 1 aliphatic heterocycles. The van der Waals surface area contributed by atoms with E-state index in [2.05, 4.69) is 17.9 Å². The van der Waals surface area contributed by atoms with Crippen molar-refractivity contribution in [3.05, 3.63) is 65.2 Å². The molecular formula is C24H22N2O3. The molecule has 0 aromatic heterocycles. The number of likely N-dealkylation sites (tertiary alicyclic amines) is 1. The molecule has 0 bridgehead atoms. The van der Waals surface area contributed by atoms with Crippen molar-refractivity contribution in [1.29, 1.82) is 5.26 Å². The van der Waals surface area contributed by atoms with Gasteiger partial charge in [-0.15, -0.1) is 0 Å². The summed E-state index contributed by atoms with van der Waals surface area (Å²) in [7, 11) is 1.62. The predicted molar refractivity (Wildman–Crippen MR) is 108 cm³/mol. The fourth-order valence-corrected chi connectivity index (χ4v) is 3.93. The van der Waals surface area contributed by atoms with Crippen LogP contribution in [0.2, 0.25) is 0 Å². The fourth-order valence-electron chi connectivity index (χ4n) is 3.93. The summed E-state index contributed by atoms with van der Waals surface area (Å²) >= 11 is 0. The molecule has 2 aromatic rings. The van der Waals surface area contributed by atoms with E-state index in [0.717, 1.165) is 35.3 Å². The van der Waals surface area contributed by atoms with Gasteiger partial charge < -0.3 is 14.7 Å². The second-order valence-corrected chi connectivity index (χ2v) is 7.44. The molecule has 3 atom stereocenters. The maximum Gasteiger partial charge on any atom is 0.227 e. The first-order valence-electron chi connectivity index (χ1n) is 9.75. The molecule has 1 saturated carbocycles. The van der Waals surface area contributed by atoms with E-state index in [1.165, 1.54) is 0 Å². The van der Waals surface area contributed by atoms with Crippen LogP contribution in [0.3, 0.4) is 0 Å². The van der Waals surface area contributed by atoms with Crippen LogP contribution in [0, 0.1) is 29.1 Å². The van der Waals surface area contributed by atoms with Gasteiger partial charge >= 0.3 is 0 Å². The number of hydrogen-bond donors (Lipinski definition) is 1. The zero-order valence-corrected chi connectivity index (χ0v) is 16.2. The Morgan fingerprint density at radius 3 is 2.52 bits per heavy atom. The number of aliphatic hydroxyl groups is 1.